The van der Waals surface area contributed by atoms with Crippen LogP contribution in [0.2, 0.25) is 5.02 Å². The number of carbonyl (C=O) groups is 1. The second kappa shape index (κ2) is 7.68. The van der Waals surface area contributed by atoms with E-state index in [2.05, 4.69) is 12.1 Å². The van der Waals surface area contributed by atoms with E-state index in [0.29, 0.717) is 10.6 Å². The number of rotatable bonds is 3. The molecule has 0 unspecified atom stereocenters. The molecule has 3 aromatic rings. The van der Waals surface area contributed by atoms with Crippen molar-refractivity contribution >= 4 is 29.1 Å². The summed E-state index contributed by atoms with van der Waals surface area (Å²) in [6.07, 6.45) is 3.82. The van der Waals surface area contributed by atoms with Crippen LogP contribution in [0.5, 0.6) is 0 Å². The number of hydrogen-bond acceptors (Lipinski definition) is 4. The Bertz CT molecular complexity index is 1290. The highest BCUT2D eigenvalue weighted by Crippen LogP contribution is 2.55. The number of Topliss-reactive ketones (excluding diaryl/α,β-unsaturated/α-hetero) is 1. The van der Waals surface area contributed by atoms with E-state index in [1.807, 2.05) is 71.6 Å². The van der Waals surface area contributed by atoms with Gasteiger partial charge in [0.25, 0.3) is 0 Å². The van der Waals surface area contributed by atoms with Crippen LogP contribution < -0.4 is 4.90 Å². The van der Waals surface area contributed by atoms with Crippen LogP contribution in [0.1, 0.15) is 27.4 Å². The third-order valence-electron chi connectivity index (χ3n) is 6.47. The molecule has 5 heteroatoms. The van der Waals surface area contributed by atoms with Crippen molar-refractivity contribution in [3.63, 3.8) is 0 Å². The number of ketones is 1. The molecular weight excluding hydrogens is 418 g/mol. The first-order valence-corrected chi connectivity index (χ1v) is 10.7. The first kappa shape index (κ1) is 20.1. The molecular formula is C27H18ClN3O. The smallest absolute Gasteiger partial charge is 0.185 e. The van der Waals surface area contributed by atoms with E-state index < -0.39 is 23.4 Å². The summed E-state index contributed by atoms with van der Waals surface area (Å²) >= 11 is 6.12. The van der Waals surface area contributed by atoms with Gasteiger partial charge >= 0.3 is 0 Å². The number of anilines is 1. The number of benzene rings is 3. The summed E-state index contributed by atoms with van der Waals surface area (Å²) in [6, 6.07) is 27.3. The molecule has 2 aliphatic rings. The van der Waals surface area contributed by atoms with Crippen LogP contribution >= 0.6 is 11.6 Å². The molecule has 0 amide bonds. The lowest BCUT2D eigenvalue weighted by atomic mass is 9.69. The standard InChI is InChI=1S/C27H18ClN3O/c28-21-13-10-19(11-14-21)24-25(26(32)20-7-2-1-3-8-20)31-22-9-5-4-6-18(22)12-15-23(31)27(24,16-29)17-30/h1-15,23-25H/t23-,24-,25+/m1/s1. The summed E-state index contributed by atoms with van der Waals surface area (Å²) in [6.45, 7) is 0. The number of halogens is 1. The van der Waals surface area contributed by atoms with Crippen molar-refractivity contribution in [2.45, 2.75) is 18.0 Å². The zero-order valence-electron chi connectivity index (χ0n) is 17.0. The molecule has 4 nitrogen and oxygen atoms in total. The van der Waals surface area contributed by atoms with E-state index in [1.54, 1.807) is 24.3 Å². The highest BCUT2D eigenvalue weighted by molar-refractivity contribution is 6.30. The van der Waals surface area contributed by atoms with E-state index in [1.165, 1.54) is 0 Å². The van der Waals surface area contributed by atoms with Crippen LogP contribution in [0, 0.1) is 28.1 Å². The van der Waals surface area contributed by atoms with Crippen molar-refractivity contribution in [2.24, 2.45) is 5.41 Å². The van der Waals surface area contributed by atoms with Crippen LogP contribution in [0.3, 0.4) is 0 Å². The number of carbonyl (C=O) groups excluding carboxylic acids is 1. The van der Waals surface area contributed by atoms with Gasteiger partial charge < -0.3 is 4.90 Å². The molecule has 0 saturated carbocycles. The minimum absolute atomic E-state index is 0.118. The van der Waals surface area contributed by atoms with E-state index in [4.69, 9.17) is 11.6 Å². The zero-order chi connectivity index (χ0) is 22.3. The molecule has 5 rings (SSSR count). The maximum atomic E-state index is 14.0. The quantitative estimate of drug-likeness (QED) is 0.500. The summed E-state index contributed by atoms with van der Waals surface area (Å²) in [5.74, 6) is -0.781. The summed E-state index contributed by atoms with van der Waals surface area (Å²) in [4.78, 5) is 15.9. The third-order valence-corrected chi connectivity index (χ3v) is 6.72. The molecule has 0 radical (unpaired) electrons. The maximum Gasteiger partial charge on any atom is 0.185 e. The van der Waals surface area contributed by atoms with Gasteiger partial charge in [-0.15, -0.1) is 0 Å². The summed E-state index contributed by atoms with van der Waals surface area (Å²) in [5.41, 5.74) is 1.64. The molecule has 0 aromatic heterocycles. The Labute approximate surface area is 191 Å². The van der Waals surface area contributed by atoms with Crippen molar-refractivity contribution in [1.29, 1.82) is 10.5 Å². The van der Waals surface area contributed by atoms with Gasteiger partial charge in [-0.25, -0.2) is 0 Å². The zero-order valence-corrected chi connectivity index (χ0v) is 17.8. The minimum atomic E-state index is -1.45. The maximum absolute atomic E-state index is 14.0. The van der Waals surface area contributed by atoms with Gasteiger partial charge in [0, 0.05) is 22.2 Å². The fraction of sp³-hybridized carbons (Fsp3) is 0.148. The Hall–Kier alpha value is -3.86. The molecule has 3 aromatic carbocycles. The Balaban J connectivity index is 1.79. The molecule has 1 saturated heterocycles. The first-order chi connectivity index (χ1) is 15.6. The van der Waals surface area contributed by atoms with Gasteiger partial charge in [-0.2, -0.15) is 10.5 Å². The van der Waals surface area contributed by atoms with Crippen LogP contribution in [0.25, 0.3) is 6.08 Å². The third kappa shape index (κ3) is 2.85. The van der Waals surface area contributed by atoms with Crippen LogP contribution in [0.15, 0.2) is 84.9 Å². The monoisotopic (exact) mass is 435 g/mol. The van der Waals surface area contributed by atoms with Gasteiger partial charge in [-0.3, -0.25) is 4.79 Å². The van der Waals surface area contributed by atoms with E-state index >= 15 is 0 Å². The predicted octanol–water partition coefficient (Wildman–Crippen LogP) is 5.62. The Morgan fingerprint density at radius 3 is 2.25 bits per heavy atom. The average molecular weight is 436 g/mol. The SMILES string of the molecule is N#CC1(C#N)[C@H](c2ccc(Cl)cc2)[C@@H](C(=O)c2ccccc2)N2c3ccccc3C=C[C@@H]21. The molecule has 1 fully saturated rings. The average Bonchev–Trinajstić information content (AvgIpc) is 3.15. The Morgan fingerprint density at radius 2 is 1.56 bits per heavy atom. The highest BCUT2D eigenvalue weighted by Gasteiger charge is 2.63. The van der Waals surface area contributed by atoms with Crippen molar-refractivity contribution in [3.05, 3.63) is 107 Å². The molecule has 3 atom stereocenters. The van der Waals surface area contributed by atoms with Gasteiger partial charge in [0.1, 0.15) is 6.04 Å². The number of hydrogen-bond donors (Lipinski definition) is 0. The minimum Gasteiger partial charge on any atom is -0.351 e. The lowest BCUT2D eigenvalue weighted by Gasteiger charge is -2.35. The summed E-state index contributed by atoms with van der Waals surface area (Å²) in [5, 5.41) is 21.3. The topological polar surface area (TPSA) is 67.9 Å². The lowest BCUT2D eigenvalue weighted by Crippen LogP contribution is -2.44. The summed E-state index contributed by atoms with van der Waals surface area (Å²) < 4.78 is 0. The molecule has 0 aliphatic carbocycles. The molecule has 0 spiro atoms. The fourth-order valence-electron chi connectivity index (χ4n) is 5.05. The molecule has 2 aliphatic heterocycles. The van der Waals surface area contributed by atoms with Crippen LogP contribution in [-0.4, -0.2) is 17.9 Å². The number of para-hydroxylation sites is 1. The highest BCUT2D eigenvalue weighted by atomic mass is 35.5. The Morgan fingerprint density at radius 1 is 0.906 bits per heavy atom. The Kier molecular flexibility index (Phi) is 4.82. The van der Waals surface area contributed by atoms with Crippen LogP contribution in [-0.2, 0) is 0 Å². The van der Waals surface area contributed by atoms with Gasteiger partial charge in [-0.05, 0) is 29.3 Å². The second-order valence-corrected chi connectivity index (χ2v) is 8.50. The molecule has 0 bridgehead atoms. The number of nitrogens with zero attached hydrogens (tertiary/aromatic N) is 3. The van der Waals surface area contributed by atoms with Crippen molar-refractivity contribution in [1.82, 2.24) is 0 Å². The van der Waals surface area contributed by atoms with Crippen LogP contribution in [0.4, 0.5) is 5.69 Å². The number of nitriles is 2. The predicted molar refractivity (Wildman–Crippen MR) is 124 cm³/mol. The van der Waals surface area contributed by atoms with Gasteiger partial charge in [0.2, 0.25) is 0 Å². The largest absolute Gasteiger partial charge is 0.351 e. The first-order valence-electron chi connectivity index (χ1n) is 10.3. The van der Waals surface area contributed by atoms with Gasteiger partial charge in [-0.1, -0.05) is 84.4 Å². The number of fused-ring (bicyclic) bond motifs is 3. The van der Waals surface area contributed by atoms with Crippen molar-refractivity contribution in [3.8, 4) is 12.1 Å². The molecule has 32 heavy (non-hydrogen) atoms. The van der Waals surface area contributed by atoms with Gasteiger partial charge in [0.15, 0.2) is 11.2 Å². The molecule has 0 N–H and O–H groups in total. The fourth-order valence-corrected chi connectivity index (χ4v) is 5.18. The molecule has 2 heterocycles. The normalized spacial score (nSPS) is 22.3. The molecule has 154 valence electrons. The van der Waals surface area contributed by atoms with E-state index in [-0.39, 0.29) is 5.78 Å². The van der Waals surface area contributed by atoms with E-state index in [0.717, 1.165) is 16.8 Å². The van der Waals surface area contributed by atoms with Crippen molar-refractivity contribution in [2.75, 3.05) is 4.90 Å². The summed E-state index contributed by atoms with van der Waals surface area (Å²) in [7, 11) is 0. The lowest BCUT2D eigenvalue weighted by molar-refractivity contribution is 0.0951. The second-order valence-electron chi connectivity index (χ2n) is 8.07. The van der Waals surface area contributed by atoms with Crippen molar-refractivity contribution < 1.29 is 4.79 Å². The van der Waals surface area contributed by atoms with Gasteiger partial charge in [0.05, 0.1) is 18.2 Å². The van der Waals surface area contributed by atoms with E-state index in [9.17, 15) is 15.3 Å².